The molecule has 1 aliphatic rings. The molecular formula is C14H19F2NO2. The van der Waals surface area contributed by atoms with Crippen molar-refractivity contribution in [1.82, 2.24) is 4.90 Å². The molecule has 106 valence electrons. The molecule has 5 heteroatoms. The highest BCUT2D eigenvalue weighted by molar-refractivity contribution is 5.17. The number of β-amino-alcohol motifs (C(OH)–C–C–N with tert-alkyl or cyclic N) is 1. The molecule has 1 saturated heterocycles. The van der Waals surface area contributed by atoms with Gasteiger partial charge < -0.3 is 10.2 Å². The third kappa shape index (κ3) is 3.49. The molecule has 1 aromatic rings. The minimum atomic E-state index is -0.870. The highest BCUT2D eigenvalue weighted by Crippen LogP contribution is 2.19. The van der Waals surface area contributed by atoms with Crippen LogP contribution in [0, 0.1) is 5.82 Å². The first kappa shape index (κ1) is 14.4. The van der Waals surface area contributed by atoms with E-state index in [9.17, 15) is 19.0 Å². The van der Waals surface area contributed by atoms with Gasteiger partial charge in [-0.05, 0) is 24.5 Å². The van der Waals surface area contributed by atoms with E-state index in [1.165, 1.54) is 6.07 Å². The van der Waals surface area contributed by atoms with Crippen LogP contribution in [-0.2, 0) is 6.42 Å². The fraction of sp³-hybridized carbons (Fsp3) is 0.571. The number of hydrogen-bond donors (Lipinski definition) is 2. The summed E-state index contributed by atoms with van der Waals surface area (Å²) in [5.74, 6) is -0.267. The van der Waals surface area contributed by atoms with E-state index in [-0.39, 0.29) is 18.8 Å². The Morgan fingerprint density at radius 1 is 1.21 bits per heavy atom. The molecule has 0 bridgehead atoms. The second-order valence-corrected chi connectivity index (χ2v) is 5.01. The zero-order valence-electron chi connectivity index (χ0n) is 10.7. The Morgan fingerprint density at radius 3 is 2.63 bits per heavy atom. The maximum absolute atomic E-state index is 13.5. The summed E-state index contributed by atoms with van der Waals surface area (Å²) >= 11 is 0. The summed E-state index contributed by atoms with van der Waals surface area (Å²) in [5, 5.41) is 19.1. The van der Waals surface area contributed by atoms with Crippen molar-refractivity contribution in [3.63, 3.8) is 0 Å². The number of benzene rings is 1. The molecule has 1 aliphatic heterocycles. The lowest BCUT2D eigenvalue weighted by Crippen LogP contribution is -2.53. The van der Waals surface area contributed by atoms with Gasteiger partial charge in [-0.15, -0.1) is 0 Å². The summed E-state index contributed by atoms with van der Waals surface area (Å²) in [5.41, 5.74) is 0.584. The average Bonchev–Trinajstić information content (AvgIpc) is 2.41. The maximum atomic E-state index is 13.5. The molecule has 0 aromatic heterocycles. The van der Waals surface area contributed by atoms with Crippen LogP contribution in [-0.4, -0.2) is 53.1 Å². The van der Waals surface area contributed by atoms with E-state index < -0.39 is 24.9 Å². The van der Waals surface area contributed by atoms with E-state index in [0.29, 0.717) is 18.5 Å². The topological polar surface area (TPSA) is 43.7 Å². The number of rotatable bonds is 4. The number of aliphatic hydroxyl groups excluding tert-OH is 2. The number of hydrogen-bond acceptors (Lipinski definition) is 3. The van der Waals surface area contributed by atoms with Crippen molar-refractivity contribution in [2.45, 2.75) is 31.1 Å². The Morgan fingerprint density at radius 2 is 1.95 bits per heavy atom. The predicted octanol–water partition coefficient (Wildman–Crippen LogP) is 1.13. The van der Waals surface area contributed by atoms with Crippen LogP contribution in [0.2, 0.25) is 0 Å². The Bertz CT molecular complexity index is 416. The Kier molecular flexibility index (Phi) is 4.85. The average molecular weight is 271 g/mol. The number of halogens is 2. The quantitative estimate of drug-likeness (QED) is 0.863. The molecule has 1 fully saturated rings. The first-order valence-electron chi connectivity index (χ1n) is 6.51. The minimum Gasteiger partial charge on any atom is -0.390 e. The van der Waals surface area contributed by atoms with Gasteiger partial charge in [-0.3, -0.25) is 4.90 Å². The Labute approximate surface area is 111 Å². The number of nitrogens with zero attached hydrogens (tertiary/aromatic N) is 1. The molecule has 0 radical (unpaired) electrons. The maximum Gasteiger partial charge on any atom is 0.126 e. The molecule has 2 N–H and O–H groups in total. The Balaban J connectivity index is 1.96. The van der Waals surface area contributed by atoms with Crippen molar-refractivity contribution >= 4 is 0 Å². The summed E-state index contributed by atoms with van der Waals surface area (Å²) < 4.78 is 26.4. The highest BCUT2D eigenvalue weighted by Gasteiger charge is 2.33. The molecule has 0 saturated carbocycles. The van der Waals surface area contributed by atoms with Gasteiger partial charge in [-0.25, -0.2) is 8.78 Å². The summed E-state index contributed by atoms with van der Waals surface area (Å²) in [6.07, 6.45) is -1.05. The molecule has 1 aromatic carbocycles. The molecule has 0 aliphatic carbocycles. The van der Waals surface area contributed by atoms with E-state index in [0.717, 1.165) is 0 Å². The van der Waals surface area contributed by atoms with Gasteiger partial charge in [-0.1, -0.05) is 18.2 Å². The lowest BCUT2D eigenvalue weighted by Gasteiger charge is -2.39. The van der Waals surface area contributed by atoms with Gasteiger partial charge in [0.05, 0.1) is 12.2 Å². The normalized spacial score (nSPS) is 28.5. The van der Waals surface area contributed by atoms with Crippen molar-refractivity contribution in [3.8, 4) is 0 Å². The van der Waals surface area contributed by atoms with E-state index in [1.54, 1.807) is 23.1 Å². The molecule has 19 heavy (non-hydrogen) atoms. The van der Waals surface area contributed by atoms with Crippen molar-refractivity contribution in [3.05, 3.63) is 35.6 Å². The van der Waals surface area contributed by atoms with Gasteiger partial charge >= 0.3 is 0 Å². The predicted molar refractivity (Wildman–Crippen MR) is 68.1 cm³/mol. The van der Waals surface area contributed by atoms with Crippen molar-refractivity contribution < 1.29 is 19.0 Å². The number of likely N-dealkylation sites (tertiary alicyclic amines) is 1. The smallest absolute Gasteiger partial charge is 0.126 e. The molecule has 0 spiro atoms. The fourth-order valence-corrected chi connectivity index (χ4v) is 2.50. The van der Waals surface area contributed by atoms with Crippen molar-refractivity contribution in [2.75, 3.05) is 19.8 Å². The van der Waals surface area contributed by atoms with Crippen LogP contribution in [0.3, 0.4) is 0 Å². The van der Waals surface area contributed by atoms with E-state index >= 15 is 0 Å². The van der Waals surface area contributed by atoms with Crippen LogP contribution in [0.15, 0.2) is 24.3 Å². The molecule has 1 unspecified atom stereocenters. The first-order chi connectivity index (χ1) is 9.11. The Hall–Kier alpha value is -1.04. The molecule has 3 atom stereocenters. The van der Waals surface area contributed by atoms with Gasteiger partial charge in [0.15, 0.2) is 0 Å². The van der Waals surface area contributed by atoms with Crippen molar-refractivity contribution in [1.29, 1.82) is 0 Å². The van der Waals surface area contributed by atoms with E-state index in [1.807, 2.05) is 0 Å². The molecule has 1 heterocycles. The number of aliphatic hydroxyl groups is 2. The molecular weight excluding hydrogens is 252 g/mol. The van der Waals surface area contributed by atoms with Gasteiger partial charge in [0.1, 0.15) is 12.5 Å². The van der Waals surface area contributed by atoms with Crippen molar-refractivity contribution in [2.24, 2.45) is 0 Å². The minimum absolute atomic E-state index is 0.217. The summed E-state index contributed by atoms with van der Waals surface area (Å²) in [6.45, 7) is 0.130. The highest BCUT2D eigenvalue weighted by atomic mass is 19.1. The van der Waals surface area contributed by atoms with Crippen LogP contribution in [0.1, 0.15) is 12.0 Å². The van der Waals surface area contributed by atoms with E-state index in [2.05, 4.69) is 0 Å². The standard InChI is InChI=1S/C14H19F2NO2/c15-8-11-7-13(18)14(19)9-17(11)6-5-10-3-1-2-4-12(10)16/h1-4,11,13-14,18-19H,5-9H2/t11-,13?,14+/m1/s1. The fourth-order valence-electron chi connectivity index (χ4n) is 2.50. The van der Waals surface area contributed by atoms with Gasteiger partial charge in [-0.2, -0.15) is 0 Å². The van der Waals surface area contributed by atoms with Crippen LogP contribution in [0.4, 0.5) is 8.78 Å². The van der Waals surface area contributed by atoms with Gasteiger partial charge in [0, 0.05) is 19.1 Å². The molecule has 3 nitrogen and oxygen atoms in total. The van der Waals surface area contributed by atoms with Crippen LogP contribution in [0.5, 0.6) is 0 Å². The second-order valence-electron chi connectivity index (χ2n) is 5.01. The summed E-state index contributed by atoms with van der Waals surface area (Å²) in [4.78, 5) is 1.78. The lowest BCUT2D eigenvalue weighted by atomic mass is 9.97. The SMILES string of the molecule is OC1C[C@H](CF)N(CCc2ccccc2F)C[C@@H]1O. The monoisotopic (exact) mass is 271 g/mol. The zero-order chi connectivity index (χ0) is 13.8. The number of alkyl halides is 1. The lowest BCUT2D eigenvalue weighted by molar-refractivity contribution is -0.0647. The first-order valence-corrected chi connectivity index (χ1v) is 6.51. The largest absolute Gasteiger partial charge is 0.390 e. The van der Waals surface area contributed by atoms with Gasteiger partial charge in [0.25, 0.3) is 0 Å². The number of piperidine rings is 1. The summed E-state index contributed by atoms with van der Waals surface area (Å²) in [7, 11) is 0. The van der Waals surface area contributed by atoms with Crippen LogP contribution in [0.25, 0.3) is 0 Å². The third-order valence-electron chi connectivity index (χ3n) is 3.70. The zero-order valence-corrected chi connectivity index (χ0v) is 10.7. The molecule has 2 rings (SSSR count). The van der Waals surface area contributed by atoms with Crippen LogP contribution >= 0.6 is 0 Å². The van der Waals surface area contributed by atoms with Crippen LogP contribution < -0.4 is 0 Å². The third-order valence-corrected chi connectivity index (χ3v) is 3.70. The van der Waals surface area contributed by atoms with Gasteiger partial charge in [0.2, 0.25) is 0 Å². The summed E-state index contributed by atoms with van der Waals surface area (Å²) in [6, 6.07) is 6.10. The second kappa shape index (κ2) is 6.41. The molecule has 0 amide bonds. The van der Waals surface area contributed by atoms with E-state index in [4.69, 9.17) is 0 Å².